The fourth-order valence-electron chi connectivity index (χ4n) is 5.20. The number of hydrazine groups is 1. The number of carbonyl (C=O) groups is 6. The predicted molar refractivity (Wildman–Crippen MR) is 206 cm³/mol. The van der Waals surface area contributed by atoms with Crippen LogP contribution >= 0.6 is 0 Å². The molecule has 7 amide bonds. The molecule has 296 valence electrons. The van der Waals surface area contributed by atoms with Crippen molar-refractivity contribution < 1.29 is 28.8 Å². The van der Waals surface area contributed by atoms with Gasteiger partial charge < -0.3 is 15.5 Å². The van der Waals surface area contributed by atoms with Crippen LogP contribution in [0.2, 0.25) is 0 Å². The third kappa shape index (κ3) is 17.6. The van der Waals surface area contributed by atoms with E-state index in [1.54, 1.807) is 0 Å². The number of likely N-dealkylation sites (tertiary alicyclic amines) is 1. The summed E-state index contributed by atoms with van der Waals surface area (Å²) in [5, 5.41) is 7.22. The quantitative estimate of drug-likeness (QED) is 0.109. The van der Waals surface area contributed by atoms with E-state index < -0.39 is 34.9 Å². The number of urea groups is 1. The highest BCUT2D eigenvalue weighted by Crippen LogP contribution is 2.31. The number of amides is 7. The summed E-state index contributed by atoms with van der Waals surface area (Å²) in [6.45, 7) is 32.8. The summed E-state index contributed by atoms with van der Waals surface area (Å²) in [6.07, 6.45) is 8.12. The summed E-state index contributed by atoms with van der Waals surface area (Å²) in [5.74, 6) is -0.254. The molecule has 3 N–H and O–H groups in total. The molecule has 1 aliphatic carbocycles. The average molecular weight is 723 g/mol. The lowest BCUT2D eigenvalue weighted by molar-refractivity contribution is -0.141. The number of imide groups is 1. The Labute approximate surface area is 310 Å². The van der Waals surface area contributed by atoms with Gasteiger partial charge in [0.15, 0.2) is 0 Å². The number of nitrogens with one attached hydrogen (secondary N) is 3. The lowest BCUT2D eigenvalue weighted by Crippen LogP contribution is -2.60. The van der Waals surface area contributed by atoms with Crippen LogP contribution in [0.15, 0.2) is 12.7 Å². The summed E-state index contributed by atoms with van der Waals surface area (Å²) in [5.41, 5.74) is 1.46. The van der Waals surface area contributed by atoms with E-state index >= 15 is 0 Å². The zero-order valence-electron chi connectivity index (χ0n) is 34.6. The smallest absolute Gasteiger partial charge is 0.315 e. The molecule has 2 rings (SSSR count). The summed E-state index contributed by atoms with van der Waals surface area (Å²) in [4.78, 5) is 75.4. The SMILES string of the molecule is C=CC(CC)C(=O)N(C=O)CC(NC(=O)NC(C(=O)N1CCC(C)C1C)C(C)(C)C)C(C)(C)C.CC.CCC.CCCN(NC=O)C(=O)C1CC1. The van der Waals surface area contributed by atoms with Crippen LogP contribution in [-0.2, 0) is 24.0 Å². The Morgan fingerprint density at radius 1 is 0.902 bits per heavy atom. The Morgan fingerprint density at radius 3 is 1.80 bits per heavy atom. The molecule has 2 fully saturated rings. The molecule has 51 heavy (non-hydrogen) atoms. The van der Waals surface area contributed by atoms with E-state index in [2.05, 4.69) is 43.4 Å². The van der Waals surface area contributed by atoms with Crippen LogP contribution in [0.1, 0.15) is 135 Å². The molecule has 0 spiro atoms. The van der Waals surface area contributed by atoms with Crippen LogP contribution in [0.5, 0.6) is 0 Å². The van der Waals surface area contributed by atoms with Crippen LogP contribution < -0.4 is 16.1 Å². The van der Waals surface area contributed by atoms with Gasteiger partial charge in [-0.2, -0.15) is 0 Å². The van der Waals surface area contributed by atoms with Gasteiger partial charge in [0.25, 0.3) is 0 Å². The van der Waals surface area contributed by atoms with Gasteiger partial charge >= 0.3 is 6.03 Å². The molecule has 5 unspecified atom stereocenters. The highest BCUT2D eigenvalue weighted by Gasteiger charge is 2.41. The second kappa shape index (κ2) is 24.7. The van der Waals surface area contributed by atoms with E-state index in [1.165, 1.54) is 17.5 Å². The zero-order chi connectivity index (χ0) is 40.1. The van der Waals surface area contributed by atoms with Gasteiger partial charge in [0, 0.05) is 31.6 Å². The molecule has 0 aromatic heterocycles. The van der Waals surface area contributed by atoms with Crippen molar-refractivity contribution >= 4 is 36.6 Å². The molecule has 0 radical (unpaired) electrons. The normalized spacial score (nSPS) is 18.3. The molecule has 5 atom stereocenters. The van der Waals surface area contributed by atoms with Crippen molar-refractivity contribution in [2.45, 2.75) is 154 Å². The van der Waals surface area contributed by atoms with Crippen molar-refractivity contribution in [2.75, 3.05) is 19.6 Å². The maximum absolute atomic E-state index is 13.4. The van der Waals surface area contributed by atoms with E-state index in [4.69, 9.17) is 0 Å². The Balaban J connectivity index is 0. The van der Waals surface area contributed by atoms with Crippen molar-refractivity contribution in [3.05, 3.63) is 12.7 Å². The number of rotatable bonds is 14. The molecule has 0 bridgehead atoms. The van der Waals surface area contributed by atoms with Gasteiger partial charge in [0.1, 0.15) is 6.04 Å². The maximum atomic E-state index is 13.4. The standard InChI is InChI=1S/C26H46N4O4.C8H14N2O2.C3H8.C2H6/c1-11-19(12-2)22(32)29(16-31)15-20(25(5,6)7)27-24(34)28-21(26(8,9)10)23(33)30-14-13-17(3)18(30)4;1-2-5-10(9-6-11)8(12)7-3-4-7;1-3-2;1-2/h11,16-21H,1,12-15H2,2-10H3,(H2,27,28,34);6-7H,2-5H2,1H3,(H,9,11);3H2,1-2H3;1-2H3. The summed E-state index contributed by atoms with van der Waals surface area (Å²) >= 11 is 0. The first-order valence-corrected chi connectivity index (χ1v) is 19.1. The Kier molecular flexibility index (Phi) is 24.1. The van der Waals surface area contributed by atoms with Crippen LogP contribution in [-0.4, -0.2) is 89.1 Å². The fourth-order valence-corrected chi connectivity index (χ4v) is 5.20. The van der Waals surface area contributed by atoms with Gasteiger partial charge in [0.2, 0.25) is 30.5 Å². The van der Waals surface area contributed by atoms with Gasteiger partial charge in [-0.15, -0.1) is 6.58 Å². The van der Waals surface area contributed by atoms with Crippen LogP contribution in [0.3, 0.4) is 0 Å². The first kappa shape index (κ1) is 49.7. The molecule has 1 heterocycles. The minimum absolute atomic E-state index is 0.0262. The Bertz CT molecular complexity index is 1080. The number of hydrogen-bond donors (Lipinski definition) is 3. The van der Waals surface area contributed by atoms with Crippen molar-refractivity contribution in [3.8, 4) is 0 Å². The van der Waals surface area contributed by atoms with Crippen LogP contribution in [0.25, 0.3) is 0 Å². The lowest BCUT2D eigenvalue weighted by Gasteiger charge is -2.38. The third-order valence-electron chi connectivity index (χ3n) is 8.84. The van der Waals surface area contributed by atoms with E-state index in [0.29, 0.717) is 38.2 Å². The first-order chi connectivity index (χ1) is 23.8. The molecule has 12 nitrogen and oxygen atoms in total. The van der Waals surface area contributed by atoms with Gasteiger partial charge in [0.05, 0.1) is 12.0 Å². The van der Waals surface area contributed by atoms with Crippen LogP contribution in [0, 0.1) is 28.6 Å². The van der Waals surface area contributed by atoms with E-state index in [1.807, 2.05) is 81.1 Å². The van der Waals surface area contributed by atoms with Crippen LogP contribution in [0.4, 0.5) is 4.79 Å². The average Bonchev–Trinajstić information content (AvgIpc) is 3.86. The third-order valence-corrected chi connectivity index (χ3v) is 8.84. The van der Waals surface area contributed by atoms with E-state index in [-0.39, 0.29) is 36.2 Å². The minimum Gasteiger partial charge on any atom is -0.338 e. The Morgan fingerprint density at radius 2 is 1.45 bits per heavy atom. The minimum atomic E-state index is -0.713. The summed E-state index contributed by atoms with van der Waals surface area (Å²) in [6, 6.07) is -1.62. The molecule has 1 saturated heterocycles. The van der Waals surface area contributed by atoms with Crippen molar-refractivity contribution in [3.63, 3.8) is 0 Å². The fraction of sp³-hybridized carbons (Fsp3) is 0.795. The second-order valence-corrected chi connectivity index (χ2v) is 15.4. The molecule has 0 aromatic carbocycles. The molecule has 12 heteroatoms. The van der Waals surface area contributed by atoms with E-state index in [0.717, 1.165) is 30.6 Å². The van der Waals surface area contributed by atoms with Gasteiger partial charge in [-0.05, 0) is 55.8 Å². The molecule has 1 aliphatic heterocycles. The predicted octanol–water partition coefficient (Wildman–Crippen LogP) is 6.31. The highest BCUT2D eigenvalue weighted by atomic mass is 16.2. The van der Waals surface area contributed by atoms with E-state index in [9.17, 15) is 28.8 Å². The topological polar surface area (TPSA) is 148 Å². The Hall–Kier alpha value is -3.44. The van der Waals surface area contributed by atoms with Crippen molar-refractivity contribution in [1.82, 2.24) is 30.9 Å². The number of nitrogens with zero attached hydrogens (tertiary/aromatic N) is 3. The highest BCUT2D eigenvalue weighted by molar-refractivity contribution is 5.90. The number of carbonyl (C=O) groups excluding carboxylic acids is 6. The van der Waals surface area contributed by atoms with Crippen molar-refractivity contribution in [2.24, 2.45) is 28.6 Å². The largest absolute Gasteiger partial charge is 0.338 e. The van der Waals surface area contributed by atoms with Gasteiger partial charge in [-0.25, -0.2) is 4.79 Å². The molecule has 2 aliphatic rings. The van der Waals surface area contributed by atoms with Gasteiger partial charge in [-0.1, -0.05) is 103 Å². The lowest BCUT2D eigenvalue weighted by atomic mass is 9.85. The zero-order valence-corrected chi connectivity index (χ0v) is 34.6. The molecular weight excluding hydrogens is 648 g/mol. The van der Waals surface area contributed by atoms with Gasteiger partial charge in [-0.3, -0.25) is 39.3 Å². The first-order valence-electron chi connectivity index (χ1n) is 19.1. The van der Waals surface area contributed by atoms with Crippen molar-refractivity contribution in [1.29, 1.82) is 0 Å². The maximum Gasteiger partial charge on any atom is 0.315 e. The molecule has 1 saturated carbocycles. The molecular formula is C39H74N6O6. The molecule has 0 aromatic rings. The summed E-state index contributed by atoms with van der Waals surface area (Å²) in [7, 11) is 0. The summed E-state index contributed by atoms with van der Waals surface area (Å²) < 4.78 is 0. The second-order valence-electron chi connectivity index (χ2n) is 15.4. The monoisotopic (exact) mass is 723 g/mol. The number of hydrogen-bond acceptors (Lipinski definition) is 6.